The zero-order valence-corrected chi connectivity index (χ0v) is 19.7. The highest BCUT2D eigenvalue weighted by molar-refractivity contribution is 5.66. The largest absolute Gasteiger partial charge is 0.482 e. The van der Waals surface area contributed by atoms with E-state index in [1.807, 2.05) is 44.6 Å². The Balaban J connectivity index is 0.00000141. The molecule has 0 aliphatic carbocycles. The lowest BCUT2D eigenvalue weighted by molar-refractivity contribution is 0.225. The fourth-order valence-electron chi connectivity index (χ4n) is 4.18. The zero-order valence-electron chi connectivity index (χ0n) is 19.7. The van der Waals surface area contributed by atoms with Gasteiger partial charge >= 0.3 is 0 Å². The standard InChI is InChI=1S/C23H28FN5O.C2H6/c1-14-4-5-20(24)15(2)22(14)16(3)30-21-10-17(11-27-23(21)25)18-12-28-29(13-18)19-6-8-26-9-7-19;1-2/h4-5,10-13,16,19,26H,6-9H2,1-3H3,(H2,25,27);1-2H3. The zero-order chi connectivity index (χ0) is 23.3. The van der Waals surface area contributed by atoms with Crippen LogP contribution in [0.15, 0.2) is 36.8 Å². The summed E-state index contributed by atoms with van der Waals surface area (Å²) in [5, 5.41) is 7.93. The monoisotopic (exact) mass is 439 g/mol. The number of benzene rings is 1. The lowest BCUT2D eigenvalue weighted by atomic mass is 9.98. The normalized spacial score (nSPS) is 15.1. The summed E-state index contributed by atoms with van der Waals surface area (Å²) >= 11 is 0. The minimum atomic E-state index is -0.363. The van der Waals surface area contributed by atoms with Gasteiger partial charge in [0.25, 0.3) is 0 Å². The smallest absolute Gasteiger partial charge is 0.166 e. The number of pyridine rings is 1. The molecule has 1 aromatic carbocycles. The van der Waals surface area contributed by atoms with Crippen LogP contribution in [-0.2, 0) is 0 Å². The van der Waals surface area contributed by atoms with E-state index in [1.54, 1.807) is 19.2 Å². The minimum absolute atomic E-state index is 0.240. The third kappa shape index (κ3) is 5.10. The number of halogens is 1. The number of hydrogen-bond acceptors (Lipinski definition) is 5. The molecule has 2 aromatic heterocycles. The Kier molecular flexibility index (Phi) is 7.85. The molecule has 0 spiro atoms. The molecule has 0 bridgehead atoms. The summed E-state index contributed by atoms with van der Waals surface area (Å²) in [5.74, 6) is 0.553. The molecule has 3 aromatic rings. The second-order valence-corrected chi connectivity index (χ2v) is 7.96. The second kappa shape index (κ2) is 10.6. The van der Waals surface area contributed by atoms with E-state index in [1.165, 1.54) is 6.07 Å². The third-order valence-corrected chi connectivity index (χ3v) is 5.88. The van der Waals surface area contributed by atoms with Crippen molar-refractivity contribution in [3.8, 4) is 16.9 Å². The second-order valence-electron chi connectivity index (χ2n) is 7.96. The van der Waals surface area contributed by atoms with Crippen LogP contribution >= 0.6 is 0 Å². The molecule has 3 heterocycles. The van der Waals surface area contributed by atoms with E-state index >= 15 is 0 Å². The summed E-state index contributed by atoms with van der Waals surface area (Å²) in [7, 11) is 0. The van der Waals surface area contributed by atoms with Gasteiger partial charge in [-0.2, -0.15) is 5.10 Å². The lowest BCUT2D eigenvalue weighted by Crippen LogP contribution is -2.29. The Labute approximate surface area is 190 Å². The number of aromatic nitrogens is 3. The summed E-state index contributed by atoms with van der Waals surface area (Å²) < 4.78 is 22.3. The van der Waals surface area contributed by atoms with Crippen LogP contribution in [0.25, 0.3) is 11.1 Å². The molecule has 1 saturated heterocycles. The van der Waals surface area contributed by atoms with Crippen molar-refractivity contribution >= 4 is 5.82 Å². The summed E-state index contributed by atoms with van der Waals surface area (Å²) in [6, 6.07) is 5.55. The van der Waals surface area contributed by atoms with Gasteiger partial charge in [0.05, 0.1) is 12.2 Å². The summed E-state index contributed by atoms with van der Waals surface area (Å²) in [6.07, 6.45) is 7.41. The maximum absolute atomic E-state index is 14.1. The van der Waals surface area contributed by atoms with Crippen molar-refractivity contribution in [3.63, 3.8) is 0 Å². The maximum atomic E-state index is 14.1. The Morgan fingerprint density at radius 3 is 2.59 bits per heavy atom. The molecule has 32 heavy (non-hydrogen) atoms. The number of rotatable bonds is 5. The molecule has 0 saturated carbocycles. The van der Waals surface area contributed by atoms with Gasteiger partial charge in [0.1, 0.15) is 11.9 Å². The van der Waals surface area contributed by atoms with Gasteiger partial charge in [-0.3, -0.25) is 4.68 Å². The highest BCUT2D eigenvalue weighted by Crippen LogP contribution is 2.33. The molecule has 4 rings (SSSR count). The number of piperidine rings is 1. The topological polar surface area (TPSA) is 78.0 Å². The van der Waals surface area contributed by atoms with Crippen LogP contribution in [0.3, 0.4) is 0 Å². The van der Waals surface area contributed by atoms with Gasteiger partial charge in [-0.25, -0.2) is 9.37 Å². The van der Waals surface area contributed by atoms with Gasteiger partial charge < -0.3 is 15.8 Å². The van der Waals surface area contributed by atoms with Crippen LogP contribution in [0.1, 0.15) is 62.4 Å². The van der Waals surface area contributed by atoms with Crippen LogP contribution < -0.4 is 15.8 Å². The predicted molar refractivity (Wildman–Crippen MR) is 127 cm³/mol. The first kappa shape index (κ1) is 23.7. The van der Waals surface area contributed by atoms with Crippen molar-refractivity contribution in [2.45, 2.75) is 59.6 Å². The number of nitrogens with zero attached hydrogens (tertiary/aromatic N) is 3. The Bertz CT molecular complexity index is 1040. The van der Waals surface area contributed by atoms with Gasteiger partial charge in [0, 0.05) is 29.1 Å². The number of ether oxygens (including phenoxy) is 1. The molecule has 1 fully saturated rings. The summed E-state index contributed by atoms with van der Waals surface area (Å²) in [4.78, 5) is 4.32. The first-order chi connectivity index (χ1) is 15.4. The number of aryl methyl sites for hydroxylation is 1. The Hall–Kier alpha value is -2.93. The number of nitrogen functional groups attached to an aromatic ring is 1. The molecule has 172 valence electrons. The molecule has 7 heteroatoms. The molecule has 0 radical (unpaired) electrons. The highest BCUT2D eigenvalue weighted by Gasteiger charge is 2.19. The summed E-state index contributed by atoms with van der Waals surface area (Å²) in [5.41, 5.74) is 10.3. The Morgan fingerprint density at radius 1 is 1.16 bits per heavy atom. The van der Waals surface area contributed by atoms with Crippen LogP contribution in [0, 0.1) is 19.7 Å². The van der Waals surface area contributed by atoms with Gasteiger partial charge in [-0.15, -0.1) is 0 Å². The van der Waals surface area contributed by atoms with Crippen molar-refractivity contribution in [3.05, 3.63) is 59.3 Å². The molecule has 1 unspecified atom stereocenters. The van der Waals surface area contributed by atoms with Crippen LogP contribution in [0.2, 0.25) is 0 Å². The van der Waals surface area contributed by atoms with E-state index in [2.05, 4.69) is 21.6 Å². The predicted octanol–water partition coefficient (Wildman–Crippen LogP) is 5.37. The van der Waals surface area contributed by atoms with Crippen molar-refractivity contribution < 1.29 is 9.13 Å². The van der Waals surface area contributed by atoms with E-state index in [4.69, 9.17) is 10.5 Å². The van der Waals surface area contributed by atoms with Gasteiger partial charge in [0.15, 0.2) is 11.6 Å². The number of nitrogens with one attached hydrogen (secondary N) is 1. The van der Waals surface area contributed by atoms with E-state index in [-0.39, 0.29) is 11.9 Å². The molecule has 0 amide bonds. The van der Waals surface area contributed by atoms with Crippen molar-refractivity contribution in [2.24, 2.45) is 0 Å². The van der Waals surface area contributed by atoms with Crippen LogP contribution in [0.5, 0.6) is 5.75 Å². The fourth-order valence-corrected chi connectivity index (χ4v) is 4.18. The SMILES string of the molecule is CC.Cc1ccc(F)c(C)c1C(C)Oc1cc(-c2cnn(C3CCNCC3)c2)cnc1N. The van der Waals surface area contributed by atoms with Crippen molar-refractivity contribution in [1.29, 1.82) is 0 Å². The average molecular weight is 440 g/mol. The van der Waals surface area contributed by atoms with Gasteiger partial charge in [-0.05, 0) is 70.0 Å². The average Bonchev–Trinajstić information content (AvgIpc) is 3.30. The van der Waals surface area contributed by atoms with Crippen LogP contribution in [-0.4, -0.2) is 27.9 Å². The van der Waals surface area contributed by atoms with E-state index in [0.29, 0.717) is 23.2 Å². The van der Waals surface area contributed by atoms with Crippen molar-refractivity contribution in [2.75, 3.05) is 18.8 Å². The summed E-state index contributed by atoms with van der Waals surface area (Å²) in [6.45, 7) is 11.6. The number of hydrogen-bond donors (Lipinski definition) is 2. The molecular weight excluding hydrogens is 405 g/mol. The lowest BCUT2D eigenvalue weighted by Gasteiger charge is -2.22. The quantitative estimate of drug-likeness (QED) is 0.558. The number of nitrogens with two attached hydrogens (primary N) is 1. The van der Waals surface area contributed by atoms with Crippen LogP contribution in [0.4, 0.5) is 10.2 Å². The van der Waals surface area contributed by atoms with Gasteiger partial charge in [0.2, 0.25) is 0 Å². The minimum Gasteiger partial charge on any atom is -0.482 e. The molecule has 1 aliphatic rings. The number of anilines is 1. The molecule has 3 N–H and O–H groups in total. The van der Waals surface area contributed by atoms with E-state index < -0.39 is 0 Å². The fraction of sp³-hybridized carbons (Fsp3) is 0.440. The molecule has 6 nitrogen and oxygen atoms in total. The van der Waals surface area contributed by atoms with Gasteiger partial charge in [-0.1, -0.05) is 19.9 Å². The highest BCUT2D eigenvalue weighted by atomic mass is 19.1. The van der Waals surface area contributed by atoms with E-state index in [0.717, 1.165) is 48.2 Å². The van der Waals surface area contributed by atoms with Crippen molar-refractivity contribution in [1.82, 2.24) is 20.1 Å². The Morgan fingerprint density at radius 2 is 1.88 bits per heavy atom. The first-order valence-corrected chi connectivity index (χ1v) is 11.4. The molecular formula is C25H34FN5O. The van der Waals surface area contributed by atoms with E-state index in [9.17, 15) is 4.39 Å². The maximum Gasteiger partial charge on any atom is 0.166 e. The molecule has 1 aliphatic heterocycles. The molecule has 1 atom stereocenters. The third-order valence-electron chi connectivity index (χ3n) is 5.88. The first-order valence-electron chi connectivity index (χ1n) is 11.4.